The quantitative estimate of drug-likeness (QED) is 0.123. The number of quaternary nitrogens is 1. The van der Waals surface area contributed by atoms with Crippen molar-refractivity contribution in [2.75, 3.05) is 46.0 Å². The summed E-state index contributed by atoms with van der Waals surface area (Å²) in [6.07, 6.45) is 4.21. The molecule has 2 rings (SSSR count). The van der Waals surface area contributed by atoms with Crippen LogP contribution in [0.15, 0.2) is 58.8 Å². The molecule has 9 heteroatoms. The number of non-ortho nitro benzene ring substituents is 1. The number of nitrogens with zero attached hydrogens (tertiary/aromatic N) is 4. The number of nitro groups is 1. The fraction of sp³-hybridized carbons (Fsp3) is 0.500. The van der Waals surface area contributed by atoms with Gasteiger partial charge in [-0.15, -0.1) is 0 Å². The Labute approximate surface area is 195 Å². The van der Waals surface area contributed by atoms with Crippen LogP contribution in [0.2, 0.25) is 0 Å². The first kappa shape index (κ1) is 26.4. The van der Waals surface area contributed by atoms with E-state index >= 15 is 0 Å². The third-order valence-electron chi connectivity index (χ3n) is 5.79. The second-order valence-corrected chi connectivity index (χ2v) is 8.01. The van der Waals surface area contributed by atoms with E-state index < -0.39 is 4.92 Å². The molecular formula is C24H35N4O5+. The van der Waals surface area contributed by atoms with Crippen molar-refractivity contribution < 1.29 is 24.4 Å². The van der Waals surface area contributed by atoms with Crippen LogP contribution in [0.3, 0.4) is 0 Å². The molecule has 0 fully saturated rings. The normalized spacial score (nSPS) is 11.7. The number of hydrogen-bond donors (Lipinski definition) is 2. The molecular weight excluding hydrogens is 424 g/mol. The second kappa shape index (κ2) is 14.3. The van der Waals surface area contributed by atoms with Crippen LogP contribution in [0.25, 0.3) is 0 Å². The standard InChI is InChI=1S/C24H35N4O5/c1-2-28(16-18-29,17-19-30)15-5-3-4-6-20-33-24-13-9-22(10-14-24)26-25-21-7-11-23(12-8-21)27(31)32/h7-14,29-30H,2-6,15-20H2,1H3/q+1. The molecule has 0 aliphatic heterocycles. The van der Waals surface area contributed by atoms with Crippen molar-refractivity contribution >= 4 is 17.1 Å². The van der Waals surface area contributed by atoms with E-state index in [1.54, 1.807) is 12.1 Å². The number of azo groups is 1. The third kappa shape index (κ3) is 9.25. The molecule has 2 aromatic rings. The van der Waals surface area contributed by atoms with Gasteiger partial charge in [0.05, 0.1) is 49.2 Å². The van der Waals surface area contributed by atoms with Crippen molar-refractivity contribution in [1.82, 2.24) is 0 Å². The van der Waals surface area contributed by atoms with Crippen molar-refractivity contribution in [3.8, 4) is 5.75 Å². The highest BCUT2D eigenvalue weighted by atomic mass is 16.6. The zero-order chi connectivity index (χ0) is 23.9. The summed E-state index contributed by atoms with van der Waals surface area (Å²) in [5.41, 5.74) is 1.24. The number of unbranched alkanes of at least 4 members (excludes halogenated alkanes) is 3. The SMILES string of the molecule is CC[N+](CCO)(CCO)CCCCCCOc1ccc(N=Nc2ccc([N+](=O)[O-])cc2)cc1. The molecule has 0 spiro atoms. The molecule has 0 aliphatic rings. The predicted octanol–water partition coefficient (Wildman–Crippen LogP) is 4.77. The highest BCUT2D eigenvalue weighted by Crippen LogP contribution is 2.23. The Bertz CT molecular complexity index is 850. The van der Waals surface area contributed by atoms with E-state index in [9.17, 15) is 20.3 Å². The van der Waals surface area contributed by atoms with E-state index in [1.807, 2.05) is 24.3 Å². The smallest absolute Gasteiger partial charge is 0.269 e. The largest absolute Gasteiger partial charge is 0.494 e. The lowest BCUT2D eigenvalue weighted by atomic mass is 10.1. The number of nitro benzene ring substituents is 1. The number of hydrogen-bond acceptors (Lipinski definition) is 7. The fourth-order valence-electron chi connectivity index (χ4n) is 3.69. The lowest BCUT2D eigenvalue weighted by molar-refractivity contribution is -0.927. The molecule has 9 nitrogen and oxygen atoms in total. The first-order valence-corrected chi connectivity index (χ1v) is 11.5. The molecule has 0 aromatic heterocycles. The summed E-state index contributed by atoms with van der Waals surface area (Å²) < 4.78 is 6.57. The number of aliphatic hydroxyl groups excluding tert-OH is 2. The number of ether oxygens (including phenoxy) is 1. The van der Waals surface area contributed by atoms with Crippen molar-refractivity contribution in [1.29, 1.82) is 0 Å². The number of aliphatic hydroxyl groups is 2. The summed E-state index contributed by atoms with van der Waals surface area (Å²) in [5.74, 6) is 0.775. The summed E-state index contributed by atoms with van der Waals surface area (Å²) in [6, 6.07) is 13.2. The summed E-state index contributed by atoms with van der Waals surface area (Å²) >= 11 is 0. The zero-order valence-electron chi connectivity index (χ0n) is 19.3. The van der Waals surface area contributed by atoms with E-state index in [4.69, 9.17) is 4.74 Å². The van der Waals surface area contributed by atoms with Crippen LogP contribution in [0, 0.1) is 10.1 Å². The van der Waals surface area contributed by atoms with Gasteiger partial charge in [-0.2, -0.15) is 10.2 Å². The molecule has 0 heterocycles. The van der Waals surface area contributed by atoms with Gasteiger partial charge >= 0.3 is 0 Å². The van der Waals surface area contributed by atoms with Crippen molar-refractivity contribution in [2.45, 2.75) is 32.6 Å². The molecule has 0 atom stereocenters. The van der Waals surface area contributed by atoms with Gasteiger partial charge in [0.25, 0.3) is 5.69 Å². The van der Waals surface area contributed by atoms with Crippen LogP contribution < -0.4 is 4.74 Å². The molecule has 0 radical (unpaired) electrons. The highest BCUT2D eigenvalue weighted by molar-refractivity contribution is 5.45. The Morgan fingerprint density at radius 1 is 0.848 bits per heavy atom. The topological polar surface area (TPSA) is 118 Å². The van der Waals surface area contributed by atoms with E-state index in [0.717, 1.165) is 49.0 Å². The molecule has 2 N–H and O–H groups in total. The number of likely N-dealkylation sites (N-methyl/N-ethyl adjacent to an activating group) is 1. The predicted molar refractivity (Wildman–Crippen MR) is 127 cm³/mol. The summed E-state index contributed by atoms with van der Waals surface area (Å²) in [7, 11) is 0. The molecule has 180 valence electrons. The van der Waals surface area contributed by atoms with Crippen LogP contribution >= 0.6 is 0 Å². The summed E-state index contributed by atoms with van der Waals surface area (Å²) in [4.78, 5) is 10.2. The van der Waals surface area contributed by atoms with Gasteiger partial charge < -0.3 is 19.4 Å². The lowest BCUT2D eigenvalue weighted by Crippen LogP contribution is -2.52. The van der Waals surface area contributed by atoms with Crippen LogP contribution in [0.4, 0.5) is 17.1 Å². The van der Waals surface area contributed by atoms with E-state index in [0.29, 0.717) is 31.1 Å². The first-order valence-electron chi connectivity index (χ1n) is 11.5. The van der Waals surface area contributed by atoms with E-state index in [1.165, 1.54) is 12.1 Å². The molecule has 33 heavy (non-hydrogen) atoms. The molecule has 0 bridgehead atoms. The Kier molecular flexibility index (Phi) is 11.4. The maximum atomic E-state index is 10.7. The van der Waals surface area contributed by atoms with Crippen LogP contribution in [-0.4, -0.2) is 65.6 Å². The molecule has 0 saturated heterocycles. The van der Waals surface area contributed by atoms with Gasteiger partial charge in [0.1, 0.15) is 18.8 Å². The van der Waals surface area contributed by atoms with Crippen molar-refractivity contribution in [2.24, 2.45) is 10.2 Å². The molecule has 0 saturated carbocycles. The van der Waals surface area contributed by atoms with Gasteiger partial charge in [-0.1, -0.05) is 0 Å². The molecule has 2 aromatic carbocycles. The lowest BCUT2D eigenvalue weighted by Gasteiger charge is -2.37. The summed E-state index contributed by atoms with van der Waals surface area (Å²) in [5, 5.41) is 37.6. The second-order valence-electron chi connectivity index (χ2n) is 8.01. The zero-order valence-corrected chi connectivity index (χ0v) is 19.3. The minimum absolute atomic E-state index is 0.0204. The third-order valence-corrected chi connectivity index (χ3v) is 5.79. The van der Waals surface area contributed by atoms with Gasteiger partial charge in [-0.25, -0.2) is 0 Å². The monoisotopic (exact) mass is 459 g/mol. The first-order chi connectivity index (χ1) is 16.0. The van der Waals surface area contributed by atoms with Crippen molar-refractivity contribution in [3.63, 3.8) is 0 Å². The van der Waals surface area contributed by atoms with Crippen LogP contribution in [-0.2, 0) is 0 Å². The van der Waals surface area contributed by atoms with Gasteiger partial charge in [-0.3, -0.25) is 10.1 Å². The Morgan fingerprint density at radius 2 is 1.39 bits per heavy atom. The number of benzene rings is 2. The van der Waals surface area contributed by atoms with E-state index in [-0.39, 0.29) is 18.9 Å². The van der Waals surface area contributed by atoms with Gasteiger partial charge in [0, 0.05) is 12.1 Å². The minimum atomic E-state index is -0.450. The number of rotatable bonds is 16. The van der Waals surface area contributed by atoms with Crippen LogP contribution in [0.5, 0.6) is 5.75 Å². The molecule has 0 aliphatic carbocycles. The Balaban J connectivity index is 1.67. The fourth-order valence-corrected chi connectivity index (χ4v) is 3.69. The van der Waals surface area contributed by atoms with Crippen molar-refractivity contribution in [3.05, 3.63) is 58.6 Å². The average Bonchev–Trinajstić information content (AvgIpc) is 2.83. The average molecular weight is 460 g/mol. The summed E-state index contributed by atoms with van der Waals surface area (Å²) in [6.45, 7) is 6.36. The Hall–Kier alpha value is -2.88. The Morgan fingerprint density at radius 3 is 1.91 bits per heavy atom. The van der Waals surface area contributed by atoms with Gasteiger partial charge in [0.15, 0.2) is 0 Å². The maximum Gasteiger partial charge on any atom is 0.269 e. The van der Waals surface area contributed by atoms with Crippen LogP contribution in [0.1, 0.15) is 32.6 Å². The highest BCUT2D eigenvalue weighted by Gasteiger charge is 2.23. The van der Waals surface area contributed by atoms with E-state index in [2.05, 4.69) is 17.2 Å². The molecule has 0 amide bonds. The maximum absolute atomic E-state index is 10.7. The van der Waals surface area contributed by atoms with Gasteiger partial charge in [0.2, 0.25) is 0 Å². The molecule has 0 unspecified atom stereocenters. The van der Waals surface area contributed by atoms with Gasteiger partial charge in [-0.05, 0) is 69.0 Å². The minimum Gasteiger partial charge on any atom is -0.494 e.